The molecular weight excluding hydrogens is 362 g/mol. The molecule has 1 amide bonds. The van der Waals surface area contributed by atoms with E-state index in [0.29, 0.717) is 25.2 Å². The highest BCUT2D eigenvalue weighted by Gasteiger charge is 2.19. The van der Waals surface area contributed by atoms with Gasteiger partial charge < -0.3 is 5.32 Å². The molecule has 0 fully saturated rings. The van der Waals surface area contributed by atoms with Gasteiger partial charge >= 0.3 is 5.69 Å². The van der Waals surface area contributed by atoms with Crippen molar-refractivity contribution in [1.29, 1.82) is 0 Å². The number of carbonyl (C=O) groups excluding carboxylic acids is 1. The Morgan fingerprint density at radius 1 is 1.03 bits per heavy atom. The largest absolute Gasteiger partial charge is 0.354 e. The molecule has 0 spiro atoms. The van der Waals surface area contributed by atoms with Crippen LogP contribution in [0.15, 0.2) is 65.5 Å². The summed E-state index contributed by atoms with van der Waals surface area (Å²) in [6.07, 6.45) is 0.356. The third kappa shape index (κ3) is 5.19. The van der Waals surface area contributed by atoms with E-state index in [0.717, 1.165) is 16.8 Å². The van der Waals surface area contributed by atoms with Crippen LogP contribution in [0.25, 0.3) is 0 Å². The molecule has 0 aliphatic rings. The predicted octanol–water partition coefficient (Wildman–Crippen LogP) is 3.51. The number of nitrogens with zero attached hydrogens (tertiary/aromatic N) is 2. The summed E-state index contributed by atoms with van der Waals surface area (Å²) in [5.41, 5.74) is 4.71. The zero-order valence-corrected chi connectivity index (χ0v) is 17.2. The molecule has 3 rings (SSSR count). The molecule has 0 radical (unpaired) electrons. The normalized spacial score (nSPS) is 11.8. The number of hydrogen-bond acceptors (Lipinski definition) is 3. The lowest BCUT2D eigenvalue weighted by atomic mass is 9.86. The summed E-state index contributed by atoms with van der Waals surface area (Å²) in [6, 6.07) is 20.1. The quantitative estimate of drug-likeness (QED) is 0.673. The lowest BCUT2D eigenvalue weighted by Gasteiger charge is -2.20. The predicted molar refractivity (Wildman–Crippen MR) is 115 cm³/mol. The second-order valence-corrected chi connectivity index (χ2v) is 7.35. The van der Waals surface area contributed by atoms with Gasteiger partial charge in [0.15, 0.2) is 0 Å². The minimum atomic E-state index is -0.279. The van der Waals surface area contributed by atoms with Gasteiger partial charge in [-0.05, 0) is 43.5 Å². The molecule has 0 aliphatic heterocycles. The van der Waals surface area contributed by atoms with Gasteiger partial charge in [-0.15, -0.1) is 0 Å². The van der Waals surface area contributed by atoms with Crippen molar-refractivity contribution in [2.24, 2.45) is 0 Å². The first-order valence-corrected chi connectivity index (χ1v) is 9.88. The Labute approximate surface area is 171 Å². The lowest BCUT2D eigenvalue weighted by Crippen LogP contribution is -2.33. The maximum atomic E-state index is 12.7. The number of benzene rings is 2. The van der Waals surface area contributed by atoms with Gasteiger partial charge in [0.25, 0.3) is 0 Å². The standard InChI is InChI=1S/C24H27N3O2/c1-17-9-7-8-12-21(17)22(20-10-5-4-6-11-20)16-23(28)25-13-14-27-19(3)15-18(2)26-24(27)29/h4-12,15,22H,13-14,16H2,1-3H3,(H,25,28)/t22-/m0/s1. The van der Waals surface area contributed by atoms with Crippen LogP contribution in [0.5, 0.6) is 0 Å². The van der Waals surface area contributed by atoms with Crippen LogP contribution in [-0.2, 0) is 11.3 Å². The van der Waals surface area contributed by atoms with E-state index in [4.69, 9.17) is 0 Å². The third-order valence-corrected chi connectivity index (χ3v) is 5.16. The fraction of sp³-hybridized carbons (Fsp3) is 0.292. The molecule has 0 saturated carbocycles. The van der Waals surface area contributed by atoms with Crippen molar-refractivity contribution in [3.8, 4) is 0 Å². The minimum Gasteiger partial charge on any atom is -0.354 e. The molecular formula is C24H27N3O2. The van der Waals surface area contributed by atoms with Crippen molar-refractivity contribution in [2.45, 2.75) is 39.7 Å². The number of rotatable bonds is 7. The van der Waals surface area contributed by atoms with E-state index in [1.807, 2.05) is 43.3 Å². The summed E-state index contributed by atoms with van der Waals surface area (Å²) >= 11 is 0. The molecule has 0 aliphatic carbocycles. The lowest BCUT2D eigenvalue weighted by molar-refractivity contribution is -0.121. The molecule has 0 unspecified atom stereocenters. The van der Waals surface area contributed by atoms with Gasteiger partial charge in [-0.25, -0.2) is 4.79 Å². The second-order valence-electron chi connectivity index (χ2n) is 7.35. The van der Waals surface area contributed by atoms with E-state index < -0.39 is 0 Å². The Hall–Kier alpha value is -3.21. The molecule has 2 aromatic carbocycles. The molecule has 1 heterocycles. The zero-order chi connectivity index (χ0) is 20.8. The number of aromatic nitrogens is 2. The average Bonchev–Trinajstić information content (AvgIpc) is 2.69. The number of amides is 1. The first kappa shape index (κ1) is 20.5. The van der Waals surface area contributed by atoms with Crippen LogP contribution < -0.4 is 11.0 Å². The molecule has 29 heavy (non-hydrogen) atoms. The van der Waals surface area contributed by atoms with Crippen molar-refractivity contribution in [2.75, 3.05) is 6.54 Å². The Balaban J connectivity index is 1.70. The number of carbonyl (C=O) groups is 1. The van der Waals surface area contributed by atoms with Crippen LogP contribution in [-0.4, -0.2) is 22.0 Å². The van der Waals surface area contributed by atoms with Crippen LogP contribution in [0.4, 0.5) is 0 Å². The van der Waals surface area contributed by atoms with Crippen LogP contribution in [0, 0.1) is 20.8 Å². The Kier molecular flexibility index (Phi) is 6.60. The molecule has 5 heteroatoms. The summed E-state index contributed by atoms with van der Waals surface area (Å²) < 4.78 is 1.59. The Bertz CT molecular complexity index is 1040. The fourth-order valence-electron chi connectivity index (χ4n) is 3.68. The average molecular weight is 389 g/mol. The highest BCUT2D eigenvalue weighted by molar-refractivity contribution is 5.77. The molecule has 1 N–H and O–H groups in total. The number of aryl methyl sites for hydroxylation is 3. The second kappa shape index (κ2) is 9.32. The van der Waals surface area contributed by atoms with Gasteiger partial charge in [-0.3, -0.25) is 9.36 Å². The van der Waals surface area contributed by atoms with Gasteiger partial charge in [0, 0.05) is 36.8 Å². The summed E-state index contributed by atoms with van der Waals surface area (Å²) in [5.74, 6) is -0.0456. The molecule has 0 saturated heterocycles. The van der Waals surface area contributed by atoms with Crippen molar-refractivity contribution in [3.05, 3.63) is 99.2 Å². The van der Waals surface area contributed by atoms with Crippen LogP contribution in [0.3, 0.4) is 0 Å². The summed E-state index contributed by atoms with van der Waals surface area (Å²) in [6.45, 7) is 6.55. The van der Waals surface area contributed by atoms with Crippen molar-refractivity contribution in [1.82, 2.24) is 14.9 Å². The highest BCUT2D eigenvalue weighted by atomic mass is 16.2. The van der Waals surface area contributed by atoms with Gasteiger partial charge in [0.05, 0.1) is 0 Å². The molecule has 0 bridgehead atoms. The van der Waals surface area contributed by atoms with Crippen LogP contribution in [0.2, 0.25) is 0 Å². The first-order chi connectivity index (χ1) is 14.0. The maximum absolute atomic E-state index is 12.7. The summed E-state index contributed by atoms with van der Waals surface area (Å²) in [7, 11) is 0. The molecule has 150 valence electrons. The molecule has 5 nitrogen and oxygen atoms in total. The summed E-state index contributed by atoms with van der Waals surface area (Å²) in [4.78, 5) is 28.7. The van der Waals surface area contributed by atoms with Gasteiger partial charge in [-0.1, -0.05) is 54.6 Å². The highest BCUT2D eigenvalue weighted by Crippen LogP contribution is 2.30. The Morgan fingerprint density at radius 2 is 1.72 bits per heavy atom. The fourth-order valence-corrected chi connectivity index (χ4v) is 3.68. The van der Waals surface area contributed by atoms with Crippen molar-refractivity contribution >= 4 is 5.91 Å². The molecule has 1 aromatic heterocycles. The topological polar surface area (TPSA) is 64.0 Å². The van der Waals surface area contributed by atoms with Crippen LogP contribution in [0.1, 0.15) is 40.4 Å². The van der Waals surface area contributed by atoms with E-state index in [1.165, 1.54) is 5.56 Å². The van der Waals surface area contributed by atoms with Gasteiger partial charge in [-0.2, -0.15) is 4.98 Å². The number of nitrogens with one attached hydrogen (secondary N) is 1. The monoisotopic (exact) mass is 389 g/mol. The smallest absolute Gasteiger partial charge is 0.348 e. The Morgan fingerprint density at radius 3 is 2.41 bits per heavy atom. The maximum Gasteiger partial charge on any atom is 0.348 e. The minimum absolute atomic E-state index is 0.0112. The van der Waals surface area contributed by atoms with E-state index in [-0.39, 0.29) is 17.5 Å². The molecule has 1 atom stereocenters. The SMILES string of the molecule is Cc1cc(C)n(CCNC(=O)C[C@@H](c2ccccc2)c2ccccc2C)c(=O)n1. The molecule has 3 aromatic rings. The van der Waals surface area contributed by atoms with E-state index in [9.17, 15) is 9.59 Å². The first-order valence-electron chi connectivity index (χ1n) is 9.88. The van der Waals surface area contributed by atoms with Crippen molar-refractivity contribution < 1.29 is 4.79 Å². The number of hydrogen-bond donors (Lipinski definition) is 1. The zero-order valence-electron chi connectivity index (χ0n) is 17.2. The van der Waals surface area contributed by atoms with E-state index in [2.05, 4.69) is 41.5 Å². The third-order valence-electron chi connectivity index (χ3n) is 5.16. The van der Waals surface area contributed by atoms with E-state index in [1.54, 1.807) is 11.5 Å². The van der Waals surface area contributed by atoms with Crippen LogP contribution >= 0.6 is 0 Å². The van der Waals surface area contributed by atoms with E-state index >= 15 is 0 Å². The van der Waals surface area contributed by atoms with Gasteiger partial charge in [0.2, 0.25) is 5.91 Å². The summed E-state index contributed by atoms with van der Waals surface area (Å²) in [5, 5.41) is 2.96. The van der Waals surface area contributed by atoms with Gasteiger partial charge in [0.1, 0.15) is 0 Å². The van der Waals surface area contributed by atoms with Crippen molar-refractivity contribution in [3.63, 3.8) is 0 Å².